The lowest BCUT2D eigenvalue weighted by Crippen LogP contribution is -2.43. The molecule has 0 amide bonds. The lowest BCUT2D eigenvalue weighted by Gasteiger charge is -2.37. The van der Waals surface area contributed by atoms with Crippen LogP contribution in [-0.2, 0) is 0 Å². The highest BCUT2D eigenvalue weighted by molar-refractivity contribution is 5.39. The molecule has 2 aromatic rings. The van der Waals surface area contributed by atoms with Crippen molar-refractivity contribution in [1.29, 1.82) is 0 Å². The lowest BCUT2D eigenvalue weighted by atomic mass is 9.92. The van der Waals surface area contributed by atoms with Gasteiger partial charge < -0.3 is 15.7 Å². The van der Waals surface area contributed by atoms with E-state index in [0.29, 0.717) is 24.5 Å². The zero-order valence-electron chi connectivity index (χ0n) is 11.1. The molecule has 1 saturated carbocycles. The fourth-order valence-corrected chi connectivity index (χ4v) is 2.24. The van der Waals surface area contributed by atoms with Gasteiger partial charge in [-0.25, -0.2) is 4.98 Å². The monoisotopic (exact) mass is 275 g/mol. The molecule has 3 rings (SSSR count). The molecule has 3 N–H and O–H groups in total. The average Bonchev–Trinajstić information content (AvgIpc) is 2.89. The summed E-state index contributed by atoms with van der Waals surface area (Å²) in [6, 6.07) is 0.375. The van der Waals surface area contributed by atoms with Crippen LogP contribution in [0.1, 0.15) is 19.3 Å². The van der Waals surface area contributed by atoms with Gasteiger partial charge in [-0.05, 0) is 19.3 Å². The molecule has 0 saturated heterocycles. The zero-order chi connectivity index (χ0) is 13.9. The standard InChI is InChI=1S/C12H17N7O/c13-10-15-11(18-5-4-14-8-18)17-12(16-10)19(6-7-20)9-2-1-3-9/h4-5,8-9,20H,1-3,6-7H2,(H2,13,15,16,17). The number of aliphatic hydroxyl groups is 1. The number of nitrogen functional groups attached to an aromatic ring is 1. The fraction of sp³-hybridized carbons (Fsp3) is 0.500. The van der Waals surface area contributed by atoms with Crippen molar-refractivity contribution in [3.8, 4) is 5.95 Å². The van der Waals surface area contributed by atoms with E-state index < -0.39 is 0 Å². The molecule has 1 fully saturated rings. The molecule has 0 unspecified atom stereocenters. The summed E-state index contributed by atoms with van der Waals surface area (Å²) >= 11 is 0. The first-order valence-corrected chi connectivity index (χ1v) is 6.65. The molecule has 0 atom stereocenters. The van der Waals surface area contributed by atoms with E-state index in [2.05, 4.69) is 19.9 Å². The zero-order valence-corrected chi connectivity index (χ0v) is 11.1. The number of hydrogen-bond acceptors (Lipinski definition) is 7. The topological polar surface area (TPSA) is 106 Å². The third kappa shape index (κ3) is 2.42. The molecular weight excluding hydrogens is 258 g/mol. The number of hydrogen-bond donors (Lipinski definition) is 2. The Balaban J connectivity index is 1.95. The first kappa shape index (κ1) is 12.8. The van der Waals surface area contributed by atoms with E-state index in [4.69, 9.17) is 5.73 Å². The number of aliphatic hydroxyl groups excluding tert-OH is 1. The van der Waals surface area contributed by atoms with Crippen molar-refractivity contribution in [2.45, 2.75) is 25.3 Å². The molecule has 0 spiro atoms. The Labute approximate surface area is 116 Å². The number of rotatable bonds is 5. The molecule has 20 heavy (non-hydrogen) atoms. The Morgan fingerprint density at radius 2 is 2.20 bits per heavy atom. The van der Waals surface area contributed by atoms with Crippen molar-refractivity contribution >= 4 is 11.9 Å². The van der Waals surface area contributed by atoms with Gasteiger partial charge >= 0.3 is 0 Å². The van der Waals surface area contributed by atoms with Crippen LogP contribution in [0.15, 0.2) is 18.7 Å². The van der Waals surface area contributed by atoms with Gasteiger partial charge in [0.15, 0.2) is 0 Å². The molecule has 0 aliphatic heterocycles. The minimum atomic E-state index is 0.0580. The highest BCUT2D eigenvalue weighted by atomic mass is 16.3. The van der Waals surface area contributed by atoms with Crippen molar-refractivity contribution in [1.82, 2.24) is 24.5 Å². The highest BCUT2D eigenvalue weighted by Crippen LogP contribution is 2.27. The molecule has 1 aliphatic carbocycles. The molecule has 0 aromatic carbocycles. The van der Waals surface area contributed by atoms with Gasteiger partial charge in [-0.2, -0.15) is 15.0 Å². The van der Waals surface area contributed by atoms with E-state index >= 15 is 0 Å². The van der Waals surface area contributed by atoms with Gasteiger partial charge in [0, 0.05) is 25.0 Å². The Morgan fingerprint density at radius 1 is 1.35 bits per heavy atom. The predicted molar refractivity (Wildman–Crippen MR) is 73.4 cm³/mol. The van der Waals surface area contributed by atoms with Crippen LogP contribution in [0.5, 0.6) is 0 Å². The number of nitrogens with two attached hydrogens (primary N) is 1. The van der Waals surface area contributed by atoms with Crippen molar-refractivity contribution in [3.05, 3.63) is 18.7 Å². The Hall–Kier alpha value is -2.22. The van der Waals surface area contributed by atoms with Crippen LogP contribution in [0.25, 0.3) is 5.95 Å². The molecule has 0 radical (unpaired) electrons. The van der Waals surface area contributed by atoms with Crippen molar-refractivity contribution in [2.75, 3.05) is 23.8 Å². The van der Waals surface area contributed by atoms with Gasteiger partial charge in [0.05, 0.1) is 6.61 Å². The van der Waals surface area contributed by atoms with Crippen molar-refractivity contribution in [3.63, 3.8) is 0 Å². The van der Waals surface area contributed by atoms with Crippen molar-refractivity contribution in [2.24, 2.45) is 0 Å². The summed E-state index contributed by atoms with van der Waals surface area (Å²) in [4.78, 5) is 18.7. The maximum Gasteiger partial charge on any atom is 0.241 e. The minimum absolute atomic E-state index is 0.0580. The van der Waals surface area contributed by atoms with Crippen LogP contribution in [0, 0.1) is 0 Å². The molecule has 2 aromatic heterocycles. The summed E-state index contributed by atoms with van der Waals surface area (Å²) in [6.45, 7) is 0.556. The predicted octanol–water partition coefficient (Wildman–Crippen LogP) is -0.00930. The first-order valence-electron chi connectivity index (χ1n) is 6.65. The molecule has 8 nitrogen and oxygen atoms in total. The lowest BCUT2D eigenvalue weighted by molar-refractivity contribution is 0.282. The SMILES string of the molecule is Nc1nc(N(CCO)C2CCC2)nc(-n2ccnc2)n1. The molecule has 1 aliphatic rings. The molecule has 8 heteroatoms. The van der Waals surface area contributed by atoms with Crippen LogP contribution < -0.4 is 10.6 Å². The molecule has 2 heterocycles. The number of aromatic nitrogens is 5. The summed E-state index contributed by atoms with van der Waals surface area (Å²) in [6.07, 6.45) is 8.38. The number of anilines is 2. The third-order valence-electron chi connectivity index (χ3n) is 3.48. The minimum Gasteiger partial charge on any atom is -0.395 e. The van der Waals surface area contributed by atoms with Crippen LogP contribution >= 0.6 is 0 Å². The summed E-state index contributed by atoms with van der Waals surface area (Å²) in [7, 11) is 0. The van der Waals surface area contributed by atoms with E-state index in [1.807, 2.05) is 4.90 Å². The van der Waals surface area contributed by atoms with Gasteiger partial charge in [-0.1, -0.05) is 0 Å². The van der Waals surface area contributed by atoms with E-state index in [9.17, 15) is 5.11 Å². The second-order valence-electron chi connectivity index (χ2n) is 4.77. The summed E-state index contributed by atoms with van der Waals surface area (Å²) < 4.78 is 1.68. The van der Waals surface area contributed by atoms with Crippen molar-refractivity contribution < 1.29 is 5.11 Å². The largest absolute Gasteiger partial charge is 0.395 e. The van der Waals surface area contributed by atoms with Crippen LogP contribution in [-0.4, -0.2) is 48.8 Å². The van der Waals surface area contributed by atoms with Crippen LogP contribution in [0.4, 0.5) is 11.9 Å². The van der Waals surface area contributed by atoms with E-state index in [1.165, 1.54) is 6.42 Å². The first-order chi connectivity index (χ1) is 9.78. The maximum atomic E-state index is 9.23. The Morgan fingerprint density at radius 3 is 2.80 bits per heavy atom. The summed E-state index contributed by atoms with van der Waals surface area (Å²) in [5.74, 6) is 1.12. The van der Waals surface area contributed by atoms with Gasteiger partial charge in [-0.15, -0.1) is 0 Å². The average molecular weight is 275 g/mol. The fourth-order valence-electron chi connectivity index (χ4n) is 2.24. The maximum absolute atomic E-state index is 9.23. The van der Waals surface area contributed by atoms with Gasteiger partial charge in [0.2, 0.25) is 17.8 Å². The van der Waals surface area contributed by atoms with E-state index in [1.54, 1.807) is 23.3 Å². The highest BCUT2D eigenvalue weighted by Gasteiger charge is 2.27. The molecular formula is C12H17N7O. The van der Waals surface area contributed by atoms with Gasteiger partial charge in [0.1, 0.15) is 6.33 Å². The Kier molecular flexibility index (Phi) is 3.46. The van der Waals surface area contributed by atoms with E-state index in [-0.39, 0.29) is 12.6 Å². The summed E-state index contributed by atoms with van der Waals surface area (Å²) in [5, 5.41) is 9.23. The van der Waals surface area contributed by atoms with E-state index in [0.717, 1.165) is 12.8 Å². The second kappa shape index (κ2) is 5.41. The normalized spacial score (nSPS) is 15.1. The second-order valence-corrected chi connectivity index (χ2v) is 4.77. The van der Waals surface area contributed by atoms with Gasteiger partial charge in [-0.3, -0.25) is 4.57 Å². The Bertz CT molecular complexity index is 567. The van der Waals surface area contributed by atoms with Gasteiger partial charge in [0.25, 0.3) is 0 Å². The van der Waals surface area contributed by atoms with Crippen LogP contribution in [0.2, 0.25) is 0 Å². The quantitative estimate of drug-likeness (QED) is 0.790. The smallest absolute Gasteiger partial charge is 0.241 e. The number of nitrogens with zero attached hydrogens (tertiary/aromatic N) is 6. The molecule has 0 bridgehead atoms. The third-order valence-corrected chi connectivity index (χ3v) is 3.48. The number of imidazole rings is 1. The van der Waals surface area contributed by atoms with Crippen LogP contribution in [0.3, 0.4) is 0 Å². The molecule has 106 valence electrons. The summed E-state index contributed by atoms with van der Waals surface area (Å²) in [5.41, 5.74) is 5.77.